The van der Waals surface area contributed by atoms with E-state index in [1.807, 2.05) is 5.92 Å². The Bertz CT molecular complexity index is 140. The highest BCUT2D eigenvalue weighted by Gasteiger charge is 1.83. The first-order valence-electron chi connectivity index (χ1n) is 2.12. The summed E-state index contributed by atoms with van der Waals surface area (Å²) in [5, 5.41) is 8.42. The first kappa shape index (κ1) is 6.99. The molecule has 0 saturated heterocycles. The van der Waals surface area contributed by atoms with E-state index in [1.54, 1.807) is 0 Å². The minimum Gasteiger partial charge on any atom is -0.381 e. The second kappa shape index (κ2) is 3.05. The number of carbonyl (C=O) groups excluding carboxylic acids is 1. The maximum atomic E-state index is 9.84. The van der Waals surface area contributed by atoms with Crippen LogP contribution in [0.1, 0.15) is 6.92 Å². The van der Waals surface area contributed by atoms with Gasteiger partial charge in [-0.2, -0.15) is 0 Å². The molecule has 1 unspecified atom stereocenters. The average molecular weight is 113 g/mol. The van der Waals surface area contributed by atoms with Gasteiger partial charge in [0.25, 0.3) is 5.91 Å². The second-order valence-corrected chi connectivity index (χ2v) is 1.31. The normalized spacial score (nSPS) is 11.2. The smallest absolute Gasteiger partial charge is 0.293 e. The van der Waals surface area contributed by atoms with E-state index in [1.165, 1.54) is 6.92 Å². The minimum atomic E-state index is -0.775. The van der Waals surface area contributed by atoms with Crippen LogP contribution in [0, 0.1) is 11.8 Å². The lowest BCUT2D eigenvalue weighted by atomic mass is 10.4. The van der Waals surface area contributed by atoms with Gasteiger partial charge in [-0.3, -0.25) is 4.79 Å². The van der Waals surface area contributed by atoms with E-state index < -0.39 is 12.0 Å². The highest BCUT2D eigenvalue weighted by Crippen LogP contribution is 1.70. The third kappa shape index (κ3) is 4.99. The number of primary amides is 1. The summed E-state index contributed by atoms with van der Waals surface area (Å²) in [4.78, 5) is 9.84. The Labute approximate surface area is 47.5 Å². The topological polar surface area (TPSA) is 63.3 Å². The van der Waals surface area contributed by atoms with E-state index in [-0.39, 0.29) is 0 Å². The van der Waals surface area contributed by atoms with E-state index in [0.29, 0.717) is 0 Å². The highest BCUT2D eigenvalue weighted by molar-refractivity contribution is 5.91. The maximum Gasteiger partial charge on any atom is 0.293 e. The van der Waals surface area contributed by atoms with Crippen LogP contribution in [0.25, 0.3) is 0 Å². The van der Waals surface area contributed by atoms with E-state index in [9.17, 15) is 4.79 Å². The molecule has 0 aromatic heterocycles. The molecule has 0 aliphatic rings. The third-order valence-corrected chi connectivity index (χ3v) is 0.404. The van der Waals surface area contributed by atoms with Crippen LogP contribution in [0.2, 0.25) is 0 Å². The summed E-state index contributed by atoms with van der Waals surface area (Å²) in [6.45, 7) is 1.45. The molecule has 0 saturated carbocycles. The van der Waals surface area contributed by atoms with Gasteiger partial charge < -0.3 is 10.8 Å². The fraction of sp³-hybridized carbons (Fsp3) is 0.400. The molecule has 0 spiro atoms. The van der Waals surface area contributed by atoms with E-state index in [0.717, 1.165) is 0 Å². The molecule has 0 aliphatic heterocycles. The average Bonchev–Trinajstić information content (AvgIpc) is 1.61. The summed E-state index contributed by atoms with van der Waals surface area (Å²) in [7, 11) is 0. The van der Waals surface area contributed by atoms with Crippen LogP contribution in [0.15, 0.2) is 0 Å². The molecule has 0 rings (SSSR count). The summed E-state index contributed by atoms with van der Waals surface area (Å²) in [5.41, 5.74) is 4.62. The molecule has 3 nitrogen and oxygen atoms in total. The summed E-state index contributed by atoms with van der Waals surface area (Å²) in [5.74, 6) is 3.44. The Kier molecular flexibility index (Phi) is 2.67. The van der Waals surface area contributed by atoms with Crippen molar-refractivity contribution in [3.8, 4) is 11.8 Å². The summed E-state index contributed by atoms with van der Waals surface area (Å²) < 4.78 is 0. The lowest BCUT2D eigenvalue weighted by Crippen LogP contribution is -2.07. The standard InChI is InChI=1S/C5H7NO2/c1-4(7)2-3-5(6)8/h4,7H,1H3,(H2,6,8). The molecule has 8 heavy (non-hydrogen) atoms. The number of hydrogen-bond acceptors (Lipinski definition) is 2. The highest BCUT2D eigenvalue weighted by atomic mass is 16.3. The first-order valence-corrected chi connectivity index (χ1v) is 2.12. The SMILES string of the molecule is CC(O)C#CC(N)=O. The van der Waals surface area contributed by atoms with Crippen molar-refractivity contribution >= 4 is 5.91 Å². The van der Waals surface area contributed by atoms with Crippen molar-refractivity contribution in [2.24, 2.45) is 5.73 Å². The van der Waals surface area contributed by atoms with Crippen LogP contribution in [-0.2, 0) is 4.79 Å². The predicted octanol–water partition coefficient (Wildman–Crippen LogP) is -1.14. The molecule has 1 amide bonds. The van der Waals surface area contributed by atoms with Gasteiger partial charge in [-0.25, -0.2) is 0 Å². The molecule has 0 aromatic carbocycles. The summed E-state index contributed by atoms with van der Waals surface area (Å²) >= 11 is 0. The van der Waals surface area contributed by atoms with Crippen molar-refractivity contribution < 1.29 is 9.90 Å². The molecule has 3 N–H and O–H groups in total. The van der Waals surface area contributed by atoms with Gasteiger partial charge in [0.2, 0.25) is 0 Å². The lowest BCUT2D eigenvalue weighted by molar-refractivity contribution is -0.112. The molecular weight excluding hydrogens is 106 g/mol. The summed E-state index contributed by atoms with van der Waals surface area (Å²) in [6, 6.07) is 0. The third-order valence-electron chi connectivity index (χ3n) is 0.404. The van der Waals surface area contributed by atoms with Gasteiger partial charge in [0.1, 0.15) is 6.10 Å². The Morgan fingerprint density at radius 3 is 2.50 bits per heavy atom. The van der Waals surface area contributed by atoms with E-state index in [4.69, 9.17) is 5.11 Å². The van der Waals surface area contributed by atoms with Crippen LogP contribution < -0.4 is 5.73 Å². The fourth-order valence-electron chi connectivity index (χ4n) is 0.176. The zero-order valence-corrected chi connectivity index (χ0v) is 4.51. The zero-order chi connectivity index (χ0) is 6.57. The number of amides is 1. The van der Waals surface area contributed by atoms with E-state index >= 15 is 0 Å². The van der Waals surface area contributed by atoms with Gasteiger partial charge in [-0.15, -0.1) is 0 Å². The molecule has 0 aromatic rings. The molecule has 0 fully saturated rings. The monoisotopic (exact) mass is 113 g/mol. The van der Waals surface area contributed by atoms with Crippen molar-refractivity contribution in [3.05, 3.63) is 0 Å². The van der Waals surface area contributed by atoms with Crippen LogP contribution in [0.4, 0.5) is 0 Å². The zero-order valence-electron chi connectivity index (χ0n) is 4.51. The number of hydrogen-bond donors (Lipinski definition) is 2. The van der Waals surface area contributed by atoms with Crippen molar-refractivity contribution in [3.63, 3.8) is 0 Å². The molecular formula is C5H7NO2. The number of rotatable bonds is 0. The minimum absolute atomic E-state index is 0.717. The van der Waals surface area contributed by atoms with Crippen molar-refractivity contribution in [2.45, 2.75) is 13.0 Å². The predicted molar refractivity (Wildman–Crippen MR) is 28.7 cm³/mol. The van der Waals surface area contributed by atoms with Gasteiger partial charge in [-0.1, -0.05) is 5.92 Å². The Balaban J connectivity index is 3.68. The molecule has 1 atom stereocenters. The molecule has 0 bridgehead atoms. The summed E-state index contributed by atoms with van der Waals surface area (Å²) in [6.07, 6.45) is -0.775. The van der Waals surface area contributed by atoms with Crippen LogP contribution >= 0.6 is 0 Å². The quantitative estimate of drug-likeness (QED) is 0.390. The Hall–Kier alpha value is -1.01. The lowest BCUT2D eigenvalue weighted by Gasteiger charge is -1.83. The first-order chi connectivity index (χ1) is 3.63. The second-order valence-electron chi connectivity index (χ2n) is 1.31. The number of nitrogens with two attached hydrogens (primary N) is 1. The van der Waals surface area contributed by atoms with Crippen molar-refractivity contribution in [1.29, 1.82) is 0 Å². The van der Waals surface area contributed by atoms with Gasteiger partial charge in [0.05, 0.1) is 0 Å². The van der Waals surface area contributed by atoms with Gasteiger partial charge >= 0.3 is 0 Å². The van der Waals surface area contributed by atoms with Gasteiger partial charge in [0, 0.05) is 0 Å². The number of aliphatic hydroxyl groups is 1. The Morgan fingerprint density at radius 1 is 1.88 bits per heavy atom. The fourth-order valence-corrected chi connectivity index (χ4v) is 0.176. The molecule has 0 heterocycles. The number of carbonyl (C=O) groups is 1. The van der Waals surface area contributed by atoms with Crippen LogP contribution in [0.3, 0.4) is 0 Å². The van der Waals surface area contributed by atoms with Crippen molar-refractivity contribution in [1.82, 2.24) is 0 Å². The largest absolute Gasteiger partial charge is 0.381 e. The van der Waals surface area contributed by atoms with Crippen LogP contribution in [0.5, 0.6) is 0 Å². The van der Waals surface area contributed by atoms with E-state index in [2.05, 4.69) is 11.7 Å². The molecule has 0 radical (unpaired) electrons. The molecule has 3 heteroatoms. The maximum absolute atomic E-state index is 9.84. The molecule has 44 valence electrons. The van der Waals surface area contributed by atoms with Gasteiger partial charge in [-0.05, 0) is 12.8 Å². The number of aliphatic hydroxyl groups excluding tert-OH is 1. The van der Waals surface area contributed by atoms with Gasteiger partial charge in [0.15, 0.2) is 0 Å². The van der Waals surface area contributed by atoms with Crippen LogP contribution in [-0.4, -0.2) is 17.1 Å². The Morgan fingerprint density at radius 2 is 2.38 bits per heavy atom. The molecule has 0 aliphatic carbocycles. The van der Waals surface area contributed by atoms with Crippen molar-refractivity contribution in [2.75, 3.05) is 0 Å².